The molecule has 0 radical (unpaired) electrons. The maximum atomic E-state index is 5.85. The molecule has 0 spiro atoms. The first kappa shape index (κ1) is 32.9. The molecule has 0 aliphatic carbocycles. The minimum absolute atomic E-state index is 0.800. The lowest BCUT2D eigenvalue weighted by atomic mass is 9.96. The van der Waals surface area contributed by atoms with Crippen LogP contribution in [0.1, 0.15) is 0 Å². The van der Waals surface area contributed by atoms with Gasteiger partial charge in [-0.3, -0.25) is 4.57 Å². The molecule has 60 heavy (non-hydrogen) atoms. The average molecular weight is 763 g/mol. The SMILES string of the molecule is c1ccc(-c2ccccc2-c2nc3c4ccccc4c4ccccc4c3nc2-n2c3ccccc3c3cc4c(cc32)c2c3ccccc3ccc2n4-c2ccccc2)cc1. The number of aromatic nitrogens is 4. The predicted molar refractivity (Wildman–Crippen MR) is 252 cm³/mol. The summed E-state index contributed by atoms with van der Waals surface area (Å²) in [7, 11) is 0. The van der Waals surface area contributed by atoms with E-state index in [0.29, 0.717) is 0 Å². The quantitative estimate of drug-likeness (QED) is 0.167. The minimum atomic E-state index is 0.800. The minimum Gasteiger partial charge on any atom is -0.309 e. The molecule has 0 fully saturated rings. The van der Waals surface area contributed by atoms with Gasteiger partial charge in [0.05, 0.1) is 33.1 Å². The Morgan fingerprint density at radius 1 is 0.317 bits per heavy atom. The Hall–Kier alpha value is -8.08. The zero-order chi connectivity index (χ0) is 39.3. The van der Waals surface area contributed by atoms with E-state index < -0.39 is 0 Å². The molecule has 0 amide bonds. The molecule has 3 heterocycles. The number of hydrogen-bond acceptors (Lipinski definition) is 2. The zero-order valence-corrected chi connectivity index (χ0v) is 32.4. The summed E-state index contributed by atoms with van der Waals surface area (Å²) in [5, 5.41) is 11.7. The third kappa shape index (κ3) is 4.67. The van der Waals surface area contributed by atoms with Gasteiger partial charge in [-0.15, -0.1) is 0 Å². The van der Waals surface area contributed by atoms with Gasteiger partial charge < -0.3 is 4.57 Å². The molecule has 0 bridgehead atoms. The summed E-state index contributed by atoms with van der Waals surface area (Å²) in [6.07, 6.45) is 0. The van der Waals surface area contributed by atoms with Crippen LogP contribution in [-0.2, 0) is 0 Å². The summed E-state index contributed by atoms with van der Waals surface area (Å²) in [6.45, 7) is 0. The van der Waals surface area contributed by atoms with Gasteiger partial charge in [0, 0.05) is 43.6 Å². The van der Waals surface area contributed by atoms with Crippen LogP contribution in [0.2, 0.25) is 0 Å². The van der Waals surface area contributed by atoms with Crippen LogP contribution in [-0.4, -0.2) is 19.1 Å². The molecular formula is C56H34N4. The van der Waals surface area contributed by atoms with Gasteiger partial charge in [0.25, 0.3) is 0 Å². The van der Waals surface area contributed by atoms with E-state index >= 15 is 0 Å². The number of hydrogen-bond donors (Lipinski definition) is 0. The summed E-state index contributed by atoms with van der Waals surface area (Å²) >= 11 is 0. The number of rotatable bonds is 4. The molecule has 13 rings (SSSR count). The standard InChI is InChI=1S/C56H34N4/c1-3-17-35(18-4-1)38-22-9-12-27-43(38)55-56(58-54-45-29-14-11-25-41(45)40-24-10-13-28-44(40)53(54)57-55)60-48-30-16-15-26-42(48)46-33-51-47(34-50(46)60)52-39-23-8-7-19-36(39)31-32-49(52)59(51)37-20-5-2-6-21-37/h1-34H. The summed E-state index contributed by atoms with van der Waals surface area (Å²) in [6, 6.07) is 74.1. The smallest absolute Gasteiger partial charge is 0.165 e. The molecule has 0 saturated heterocycles. The highest BCUT2D eigenvalue weighted by Gasteiger charge is 2.25. The maximum Gasteiger partial charge on any atom is 0.165 e. The van der Waals surface area contributed by atoms with Gasteiger partial charge in [0.15, 0.2) is 5.82 Å². The molecule has 10 aromatic carbocycles. The van der Waals surface area contributed by atoms with Gasteiger partial charge in [-0.25, -0.2) is 9.97 Å². The van der Waals surface area contributed by atoms with Crippen molar-refractivity contribution < 1.29 is 0 Å². The largest absolute Gasteiger partial charge is 0.309 e. The molecule has 278 valence electrons. The second kappa shape index (κ2) is 12.7. The van der Waals surface area contributed by atoms with Crippen LogP contribution in [0.3, 0.4) is 0 Å². The third-order valence-electron chi connectivity index (χ3n) is 12.5. The second-order valence-corrected chi connectivity index (χ2v) is 15.7. The maximum absolute atomic E-state index is 5.85. The highest BCUT2D eigenvalue weighted by Crippen LogP contribution is 2.45. The van der Waals surface area contributed by atoms with Crippen molar-refractivity contribution in [2.75, 3.05) is 0 Å². The number of nitrogens with zero attached hydrogens (tertiary/aromatic N) is 4. The molecule has 3 aromatic heterocycles. The van der Waals surface area contributed by atoms with Crippen LogP contribution in [0.25, 0.3) is 121 Å². The fourth-order valence-corrected chi connectivity index (χ4v) is 9.88. The van der Waals surface area contributed by atoms with E-state index in [4.69, 9.17) is 9.97 Å². The molecule has 0 aliphatic heterocycles. The highest BCUT2D eigenvalue weighted by atomic mass is 15.1. The Balaban J connectivity index is 1.24. The molecule has 0 atom stereocenters. The summed E-state index contributed by atoms with van der Waals surface area (Å²) in [5.41, 5.74) is 11.5. The van der Waals surface area contributed by atoms with Crippen molar-refractivity contribution in [1.82, 2.24) is 19.1 Å². The van der Waals surface area contributed by atoms with Crippen molar-refractivity contribution in [1.29, 1.82) is 0 Å². The monoisotopic (exact) mass is 762 g/mol. The number of fused-ring (bicyclic) bond motifs is 14. The number of para-hydroxylation sites is 2. The van der Waals surface area contributed by atoms with Crippen LogP contribution in [0.4, 0.5) is 0 Å². The van der Waals surface area contributed by atoms with Crippen LogP contribution >= 0.6 is 0 Å². The molecule has 0 N–H and O–H groups in total. The van der Waals surface area contributed by atoms with E-state index in [9.17, 15) is 0 Å². The van der Waals surface area contributed by atoms with Gasteiger partial charge >= 0.3 is 0 Å². The van der Waals surface area contributed by atoms with Gasteiger partial charge in [0.2, 0.25) is 0 Å². The van der Waals surface area contributed by atoms with Crippen molar-refractivity contribution in [3.63, 3.8) is 0 Å². The topological polar surface area (TPSA) is 35.6 Å². The van der Waals surface area contributed by atoms with Crippen molar-refractivity contribution in [3.05, 3.63) is 206 Å². The fraction of sp³-hybridized carbons (Fsp3) is 0. The van der Waals surface area contributed by atoms with Crippen molar-refractivity contribution in [2.24, 2.45) is 0 Å². The molecule has 4 heteroatoms. The van der Waals surface area contributed by atoms with Crippen LogP contribution in [0, 0.1) is 0 Å². The van der Waals surface area contributed by atoms with Gasteiger partial charge in [0.1, 0.15) is 5.69 Å². The fourth-order valence-electron chi connectivity index (χ4n) is 9.88. The van der Waals surface area contributed by atoms with Crippen LogP contribution < -0.4 is 0 Å². The van der Waals surface area contributed by atoms with Gasteiger partial charge in [-0.2, -0.15) is 0 Å². The van der Waals surface area contributed by atoms with E-state index in [-0.39, 0.29) is 0 Å². The van der Waals surface area contributed by atoms with Crippen LogP contribution in [0.15, 0.2) is 206 Å². The lowest BCUT2D eigenvalue weighted by Crippen LogP contribution is -2.05. The average Bonchev–Trinajstić information content (AvgIpc) is 3.83. The van der Waals surface area contributed by atoms with Crippen LogP contribution in [0.5, 0.6) is 0 Å². The third-order valence-corrected chi connectivity index (χ3v) is 12.5. The lowest BCUT2D eigenvalue weighted by molar-refractivity contribution is 1.08. The van der Waals surface area contributed by atoms with E-state index in [2.05, 4.69) is 215 Å². The summed E-state index contributed by atoms with van der Waals surface area (Å²) in [4.78, 5) is 11.6. The first-order valence-electron chi connectivity index (χ1n) is 20.5. The van der Waals surface area contributed by atoms with Gasteiger partial charge in [-0.05, 0) is 69.1 Å². The summed E-state index contributed by atoms with van der Waals surface area (Å²) in [5.74, 6) is 0.800. The Morgan fingerprint density at radius 2 is 0.867 bits per heavy atom. The molecule has 0 saturated carbocycles. The molecule has 0 aliphatic rings. The lowest BCUT2D eigenvalue weighted by Gasteiger charge is -2.18. The number of benzene rings is 10. The summed E-state index contributed by atoms with van der Waals surface area (Å²) < 4.78 is 4.81. The first-order valence-corrected chi connectivity index (χ1v) is 20.5. The van der Waals surface area contributed by atoms with E-state index in [0.717, 1.165) is 77.5 Å². The Kier molecular flexibility index (Phi) is 6.98. The Bertz CT molecular complexity index is 3880. The van der Waals surface area contributed by atoms with E-state index in [1.165, 1.54) is 43.4 Å². The normalized spacial score (nSPS) is 12.0. The molecule has 13 aromatic rings. The van der Waals surface area contributed by atoms with E-state index in [1.807, 2.05) is 0 Å². The Labute approximate surface area is 344 Å². The first-order chi connectivity index (χ1) is 29.8. The zero-order valence-electron chi connectivity index (χ0n) is 32.4. The van der Waals surface area contributed by atoms with Crippen molar-refractivity contribution >= 4 is 87.0 Å². The molecule has 0 unspecified atom stereocenters. The molecule has 4 nitrogen and oxygen atoms in total. The highest BCUT2D eigenvalue weighted by molar-refractivity contribution is 6.26. The second-order valence-electron chi connectivity index (χ2n) is 15.7. The molecular weight excluding hydrogens is 729 g/mol. The van der Waals surface area contributed by atoms with Gasteiger partial charge in [-0.1, -0.05) is 170 Å². The van der Waals surface area contributed by atoms with Crippen molar-refractivity contribution in [2.45, 2.75) is 0 Å². The Morgan fingerprint density at radius 3 is 1.62 bits per heavy atom. The van der Waals surface area contributed by atoms with Crippen molar-refractivity contribution in [3.8, 4) is 33.9 Å². The van der Waals surface area contributed by atoms with E-state index in [1.54, 1.807) is 0 Å². The predicted octanol–water partition coefficient (Wildman–Crippen LogP) is 14.6.